The lowest BCUT2D eigenvalue weighted by Crippen LogP contribution is -2.27. The third-order valence-corrected chi connectivity index (χ3v) is 4.84. The highest BCUT2D eigenvalue weighted by molar-refractivity contribution is 7.92. The minimum Gasteiger partial charge on any atom is -0.269 e. The number of sulfonamides is 1. The van der Waals surface area contributed by atoms with E-state index in [0.717, 1.165) is 6.07 Å². The molecule has 3 nitrogen and oxygen atoms in total. The van der Waals surface area contributed by atoms with Crippen LogP contribution in [-0.2, 0) is 10.0 Å². The predicted octanol–water partition coefficient (Wildman–Crippen LogP) is 2.96. The third kappa shape index (κ3) is 2.61. The Kier molecular flexibility index (Phi) is 3.57. The molecule has 0 bridgehead atoms. The first-order valence-corrected chi connectivity index (χ1v) is 7.17. The van der Waals surface area contributed by atoms with Crippen molar-refractivity contribution >= 4 is 15.7 Å². The zero-order valence-electron chi connectivity index (χ0n) is 10.7. The number of hydrogen-bond acceptors (Lipinski definition) is 2. The number of benzene rings is 2. The Balaban J connectivity index is 2.48. The Morgan fingerprint density at radius 2 is 1.68 bits per heavy atom. The van der Waals surface area contributed by atoms with E-state index >= 15 is 0 Å². The zero-order chi connectivity index (χ0) is 14.0. The molecule has 0 radical (unpaired) electrons. The van der Waals surface area contributed by atoms with Crippen LogP contribution in [0.3, 0.4) is 0 Å². The summed E-state index contributed by atoms with van der Waals surface area (Å²) in [7, 11) is -2.19. The standard InChI is InChI=1S/C14H14FNO2S/c1-11-10-12(15)8-9-14(11)19(17,18)16(2)13-6-4-3-5-7-13/h3-10H,1-2H3. The average molecular weight is 279 g/mol. The van der Waals surface area contributed by atoms with Gasteiger partial charge in [-0.15, -0.1) is 0 Å². The number of aryl methyl sites for hydroxylation is 1. The van der Waals surface area contributed by atoms with Crippen LogP contribution in [0.5, 0.6) is 0 Å². The first kappa shape index (κ1) is 13.5. The molecule has 0 N–H and O–H groups in total. The van der Waals surface area contributed by atoms with Gasteiger partial charge < -0.3 is 0 Å². The summed E-state index contributed by atoms with van der Waals surface area (Å²) in [5.41, 5.74) is 0.953. The fourth-order valence-electron chi connectivity index (χ4n) is 1.83. The van der Waals surface area contributed by atoms with Gasteiger partial charge in [-0.3, -0.25) is 4.31 Å². The molecule has 0 amide bonds. The highest BCUT2D eigenvalue weighted by Crippen LogP contribution is 2.24. The maximum Gasteiger partial charge on any atom is 0.264 e. The summed E-state index contributed by atoms with van der Waals surface area (Å²) in [5.74, 6) is -0.446. The first-order valence-electron chi connectivity index (χ1n) is 5.73. The molecule has 0 aromatic heterocycles. The molecule has 0 spiro atoms. The Labute approximate surface area is 112 Å². The van der Waals surface area contributed by atoms with E-state index < -0.39 is 15.8 Å². The van der Waals surface area contributed by atoms with Gasteiger partial charge in [0.05, 0.1) is 10.6 Å². The minimum absolute atomic E-state index is 0.111. The molecule has 0 saturated carbocycles. The highest BCUT2D eigenvalue weighted by Gasteiger charge is 2.23. The quantitative estimate of drug-likeness (QED) is 0.866. The topological polar surface area (TPSA) is 37.4 Å². The van der Waals surface area contributed by atoms with Gasteiger partial charge in [-0.1, -0.05) is 18.2 Å². The van der Waals surface area contributed by atoms with Crippen LogP contribution in [0.25, 0.3) is 0 Å². The van der Waals surface area contributed by atoms with E-state index in [0.29, 0.717) is 11.3 Å². The molecule has 0 aliphatic rings. The number of rotatable bonds is 3. The monoisotopic (exact) mass is 279 g/mol. The summed E-state index contributed by atoms with van der Waals surface area (Å²) in [5, 5.41) is 0. The maximum absolute atomic E-state index is 13.1. The highest BCUT2D eigenvalue weighted by atomic mass is 32.2. The molecular weight excluding hydrogens is 265 g/mol. The van der Waals surface area contributed by atoms with Crippen LogP contribution in [0.4, 0.5) is 10.1 Å². The Bertz CT molecular complexity index is 684. The van der Waals surface area contributed by atoms with Crippen LogP contribution in [0.15, 0.2) is 53.4 Å². The fourth-order valence-corrected chi connectivity index (χ4v) is 3.23. The number of hydrogen-bond donors (Lipinski definition) is 0. The Morgan fingerprint density at radius 3 is 2.26 bits per heavy atom. The van der Waals surface area contributed by atoms with E-state index in [-0.39, 0.29) is 4.90 Å². The van der Waals surface area contributed by atoms with E-state index in [9.17, 15) is 12.8 Å². The number of nitrogens with zero attached hydrogens (tertiary/aromatic N) is 1. The van der Waals surface area contributed by atoms with Gasteiger partial charge in [-0.05, 0) is 42.8 Å². The van der Waals surface area contributed by atoms with Crippen molar-refractivity contribution in [2.75, 3.05) is 11.4 Å². The summed E-state index contributed by atoms with van der Waals surface area (Å²) in [6, 6.07) is 12.4. The molecule has 0 heterocycles. The molecule has 0 aliphatic carbocycles. The van der Waals surface area contributed by atoms with Gasteiger partial charge in [-0.25, -0.2) is 12.8 Å². The van der Waals surface area contributed by atoms with Crippen LogP contribution < -0.4 is 4.31 Å². The summed E-state index contributed by atoms with van der Waals surface area (Å²) < 4.78 is 39.2. The zero-order valence-corrected chi connectivity index (χ0v) is 11.5. The molecule has 0 unspecified atom stereocenters. The molecule has 19 heavy (non-hydrogen) atoms. The van der Waals surface area contributed by atoms with Crippen molar-refractivity contribution in [3.05, 3.63) is 59.9 Å². The molecule has 2 aromatic carbocycles. The van der Waals surface area contributed by atoms with Crippen molar-refractivity contribution in [3.8, 4) is 0 Å². The number of para-hydroxylation sites is 1. The second kappa shape index (κ2) is 5.01. The second-order valence-electron chi connectivity index (χ2n) is 4.22. The maximum atomic E-state index is 13.1. The summed E-state index contributed by atoms with van der Waals surface area (Å²) in [6.07, 6.45) is 0. The van der Waals surface area contributed by atoms with Crippen molar-refractivity contribution in [2.24, 2.45) is 0 Å². The van der Waals surface area contributed by atoms with Crippen LogP contribution in [0.1, 0.15) is 5.56 Å². The number of halogens is 1. The molecular formula is C14H14FNO2S. The largest absolute Gasteiger partial charge is 0.269 e. The van der Waals surface area contributed by atoms with E-state index in [1.54, 1.807) is 31.2 Å². The van der Waals surface area contributed by atoms with Crippen LogP contribution in [0, 0.1) is 12.7 Å². The minimum atomic E-state index is -3.67. The molecule has 2 aromatic rings. The lowest BCUT2D eigenvalue weighted by Gasteiger charge is -2.20. The smallest absolute Gasteiger partial charge is 0.264 e. The molecule has 100 valence electrons. The van der Waals surface area contributed by atoms with Gasteiger partial charge >= 0.3 is 0 Å². The molecule has 0 saturated heterocycles. The average Bonchev–Trinajstić information content (AvgIpc) is 2.38. The summed E-state index contributed by atoms with van der Waals surface area (Å²) in [4.78, 5) is 0.111. The summed E-state index contributed by atoms with van der Waals surface area (Å²) >= 11 is 0. The van der Waals surface area contributed by atoms with Crippen molar-refractivity contribution in [1.29, 1.82) is 0 Å². The normalized spacial score (nSPS) is 11.3. The molecule has 5 heteroatoms. The first-order chi connectivity index (χ1) is 8.93. The van der Waals surface area contributed by atoms with Gasteiger partial charge in [0, 0.05) is 7.05 Å². The molecule has 2 rings (SSSR count). The molecule has 0 fully saturated rings. The predicted molar refractivity (Wildman–Crippen MR) is 73.2 cm³/mol. The second-order valence-corrected chi connectivity index (χ2v) is 6.16. The van der Waals surface area contributed by atoms with Crippen LogP contribution >= 0.6 is 0 Å². The number of anilines is 1. The van der Waals surface area contributed by atoms with Gasteiger partial charge in [0.1, 0.15) is 5.82 Å². The summed E-state index contributed by atoms with van der Waals surface area (Å²) in [6.45, 7) is 1.58. The van der Waals surface area contributed by atoms with Gasteiger partial charge in [-0.2, -0.15) is 0 Å². The van der Waals surface area contributed by atoms with Gasteiger partial charge in [0.15, 0.2) is 0 Å². The SMILES string of the molecule is Cc1cc(F)ccc1S(=O)(=O)N(C)c1ccccc1. The van der Waals surface area contributed by atoms with Gasteiger partial charge in [0.25, 0.3) is 10.0 Å². The Morgan fingerprint density at radius 1 is 1.05 bits per heavy atom. The third-order valence-electron chi connectivity index (χ3n) is 2.90. The lowest BCUT2D eigenvalue weighted by molar-refractivity contribution is 0.592. The molecule has 0 aliphatic heterocycles. The van der Waals surface area contributed by atoms with Crippen molar-refractivity contribution in [2.45, 2.75) is 11.8 Å². The van der Waals surface area contributed by atoms with E-state index in [1.165, 1.54) is 23.5 Å². The van der Waals surface area contributed by atoms with Crippen LogP contribution in [0.2, 0.25) is 0 Å². The fraction of sp³-hybridized carbons (Fsp3) is 0.143. The molecule has 0 atom stereocenters. The van der Waals surface area contributed by atoms with Crippen LogP contribution in [-0.4, -0.2) is 15.5 Å². The van der Waals surface area contributed by atoms with Crippen molar-refractivity contribution < 1.29 is 12.8 Å². The Hall–Kier alpha value is -1.88. The van der Waals surface area contributed by atoms with Crippen molar-refractivity contribution in [1.82, 2.24) is 0 Å². The lowest BCUT2D eigenvalue weighted by atomic mass is 10.2. The van der Waals surface area contributed by atoms with E-state index in [4.69, 9.17) is 0 Å². The van der Waals surface area contributed by atoms with E-state index in [2.05, 4.69) is 0 Å². The van der Waals surface area contributed by atoms with E-state index in [1.807, 2.05) is 6.07 Å². The van der Waals surface area contributed by atoms with Gasteiger partial charge in [0.2, 0.25) is 0 Å². The van der Waals surface area contributed by atoms with Crippen molar-refractivity contribution in [3.63, 3.8) is 0 Å².